The van der Waals surface area contributed by atoms with Gasteiger partial charge in [-0.25, -0.2) is 4.99 Å². The third kappa shape index (κ3) is 6.04. The zero-order chi connectivity index (χ0) is 16.2. The van der Waals surface area contributed by atoms with E-state index in [1.54, 1.807) is 0 Å². The van der Waals surface area contributed by atoms with Crippen molar-refractivity contribution in [3.63, 3.8) is 0 Å². The van der Waals surface area contributed by atoms with E-state index in [1.807, 2.05) is 25.1 Å². The second-order valence-electron chi connectivity index (χ2n) is 5.72. The molecule has 1 unspecified atom stereocenters. The number of rotatable bonds is 5. The molecule has 0 radical (unpaired) electrons. The minimum absolute atomic E-state index is 0. The molecule has 1 heterocycles. The standard InChI is InChI=1S/C18H22N4O.3ClH/c1-12-18(20)22-16-8-15(6-7-17(16)23-12)11-21-10-14-4-2-13(9-19)3-5-14;;;/h2-8,12,21H,9-11,19H2,1H3,(H2,20,22);3*1H. The van der Waals surface area contributed by atoms with Gasteiger partial charge in [0.15, 0.2) is 6.10 Å². The highest BCUT2D eigenvalue weighted by atomic mass is 35.5. The van der Waals surface area contributed by atoms with E-state index in [0.29, 0.717) is 12.4 Å². The summed E-state index contributed by atoms with van der Waals surface area (Å²) < 4.78 is 5.71. The summed E-state index contributed by atoms with van der Waals surface area (Å²) in [6, 6.07) is 14.3. The fraction of sp³-hybridized carbons (Fsp3) is 0.278. The number of amidine groups is 1. The summed E-state index contributed by atoms with van der Waals surface area (Å²) in [5.41, 5.74) is 15.8. The maximum Gasteiger partial charge on any atom is 0.153 e. The number of halogens is 3. The molecule has 2 aromatic rings. The Morgan fingerprint density at radius 2 is 1.54 bits per heavy atom. The summed E-state index contributed by atoms with van der Waals surface area (Å²) in [7, 11) is 0. The lowest BCUT2D eigenvalue weighted by atomic mass is 10.1. The van der Waals surface area contributed by atoms with Gasteiger partial charge in [-0.3, -0.25) is 0 Å². The molecule has 0 fully saturated rings. The molecule has 0 spiro atoms. The third-order valence-corrected chi connectivity index (χ3v) is 3.91. The predicted octanol–water partition coefficient (Wildman–Crippen LogP) is 3.47. The molecule has 2 aromatic carbocycles. The zero-order valence-corrected chi connectivity index (χ0v) is 16.9. The molecular weight excluding hydrogens is 395 g/mol. The summed E-state index contributed by atoms with van der Waals surface area (Å²) in [4.78, 5) is 4.40. The van der Waals surface area contributed by atoms with Gasteiger partial charge in [0.2, 0.25) is 0 Å². The van der Waals surface area contributed by atoms with E-state index in [4.69, 9.17) is 16.2 Å². The van der Waals surface area contributed by atoms with Gasteiger partial charge >= 0.3 is 0 Å². The third-order valence-electron chi connectivity index (χ3n) is 3.91. The fourth-order valence-electron chi connectivity index (χ4n) is 2.49. The van der Waals surface area contributed by atoms with Crippen LogP contribution in [0.4, 0.5) is 5.69 Å². The van der Waals surface area contributed by atoms with Crippen molar-refractivity contribution in [1.82, 2.24) is 5.32 Å². The zero-order valence-electron chi connectivity index (χ0n) is 14.5. The SMILES string of the molecule is CC1Oc2ccc(CNCc3ccc(CN)cc3)cc2N=C1N.Cl.Cl.Cl. The lowest BCUT2D eigenvalue weighted by Crippen LogP contribution is -2.33. The summed E-state index contributed by atoms with van der Waals surface area (Å²) in [5.74, 6) is 1.30. The van der Waals surface area contributed by atoms with Crippen LogP contribution in [-0.2, 0) is 19.6 Å². The number of benzene rings is 2. The smallest absolute Gasteiger partial charge is 0.153 e. The number of aliphatic imine (C=N–C) groups is 1. The Hall–Kier alpha value is -1.50. The van der Waals surface area contributed by atoms with E-state index in [9.17, 15) is 0 Å². The van der Waals surface area contributed by atoms with Crippen LogP contribution in [0.3, 0.4) is 0 Å². The van der Waals surface area contributed by atoms with Gasteiger partial charge in [0.1, 0.15) is 17.3 Å². The fourth-order valence-corrected chi connectivity index (χ4v) is 2.49. The monoisotopic (exact) mass is 418 g/mol. The van der Waals surface area contributed by atoms with E-state index >= 15 is 0 Å². The molecule has 26 heavy (non-hydrogen) atoms. The number of fused-ring (bicyclic) bond motifs is 1. The normalized spacial score (nSPS) is 14.5. The van der Waals surface area contributed by atoms with Crippen molar-refractivity contribution in [3.05, 3.63) is 59.2 Å². The Bertz CT molecular complexity index is 723. The topological polar surface area (TPSA) is 85.7 Å². The highest BCUT2D eigenvalue weighted by Crippen LogP contribution is 2.32. The van der Waals surface area contributed by atoms with Crippen LogP contribution >= 0.6 is 37.2 Å². The minimum atomic E-state index is -0.164. The Labute approximate surface area is 172 Å². The second-order valence-corrected chi connectivity index (χ2v) is 5.72. The van der Waals surface area contributed by atoms with Crippen molar-refractivity contribution < 1.29 is 4.74 Å². The van der Waals surface area contributed by atoms with Crippen LogP contribution in [0.2, 0.25) is 0 Å². The van der Waals surface area contributed by atoms with Crippen molar-refractivity contribution >= 4 is 48.7 Å². The van der Waals surface area contributed by atoms with E-state index in [2.05, 4.69) is 34.6 Å². The van der Waals surface area contributed by atoms with Gasteiger partial charge < -0.3 is 21.5 Å². The first kappa shape index (κ1) is 24.5. The van der Waals surface area contributed by atoms with Gasteiger partial charge in [0.05, 0.1) is 0 Å². The van der Waals surface area contributed by atoms with E-state index < -0.39 is 0 Å². The first-order valence-corrected chi connectivity index (χ1v) is 7.78. The van der Waals surface area contributed by atoms with Crippen LogP contribution in [0, 0.1) is 0 Å². The summed E-state index contributed by atoms with van der Waals surface area (Å²) >= 11 is 0. The number of nitrogens with zero attached hydrogens (tertiary/aromatic N) is 1. The van der Waals surface area contributed by atoms with Gasteiger partial charge in [0, 0.05) is 19.6 Å². The number of hydrogen-bond donors (Lipinski definition) is 3. The van der Waals surface area contributed by atoms with Crippen LogP contribution in [0.1, 0.15) is 23.6 Å². The lowest BCUT2D eigenvalue weighted by molar-refractivity contribution is 0.281. The Morgan fingerprint density at radius 1 is 0.962 bits per heavy atom. The van der Waals surface area contributed by atoms with Crippen molar-refractivity contribution in [1.29, 1.82) is 0 Å². The van der Waals surface area contributed by atoms with Crippen molar-refractivity contribution in [2.45, 2.75) is 32.7 Å². The largest absolute Gasteiger partial charge is 0.481 e. The molecule has 0 bridgehead atoms. The van der Waals surface area contributed by atoms with Crippen molar-refractivity contribution in [2.75, 3.05) is 0 Å². The number of nitrogens with one attached hydrogen (secondary N) is 1. The molecule has 0 saturated carbocycles. The first-order chi connectivity index (χ1) is 11.2. The Morgan fingerprint density at radius 3 is 2.19 bits per heavy atom. The van der Waals surface area contributed by atoms with E-state index in [0.717, 1.165) is 35.7 Å². The molecule has 0 amide bonds. The molecule has 1 aliphatic rings. The van der Waals surface area contributed by atoms with Gasteiger partial charge in [-0.1, -0.05) is 30.3 Å². The number of nitrogens with two attached hydrogens (primary N) is 2. The van der Waals surface area contributed by atoms with Crippen molar-refractivity contribution in [3.8, 4) is 5.75 Å². The minimum Gasteiger partial charge on any atom is -0.481 e. The van der Waals surface area contributed by atoms with Crippen LogP contribution in [0.25, 0.3) is 0 Å². The van der Waals surface area contributed by atoms with Crippen LogP contribution in [-0.4, -0.2) is 11.9 Å². The average molecular weight is 420 g/mol. The molecule has 3 rings (SSSR count). The summed E-state index contributed by atoms with van der Waals surface area (Å²) in [5, 5.41) is 3.43. The molecule has 0 aromatic heterocycles. The van der Waals surface area contributed by atoms with E-state index in [-0.39, 0.29) is 43.3 Å². The van der Waals surface area contributed by atoms with Gasteiger partial charge in [0.25, 0.3) is 0 Å². The predicted molar refractivity (Wildman–Crippen MR) is 114 cm³/mol. The number of hydrogen-bond acceptors (Lipinski definition) is 5. The number of ether oxygens (including phenoxy) is 1. The first-order valence-electron chi connectivity index (χ1n) is 7.78. The summed E-state index contributed by atoms with van der Waals surface area (Å²) in [6.07, 6.45) is -0.164. The van der Waals surface area contributed by atoms with Crippen LogP contribution in [0.15, 0.2) is 47.5 Å². The highest BCUT2D eigenvalue weighted by Gasteiger charge is 2.18. The van der Waals surface area contributed by atoms with Gasteiger partial charge in [-0.2, -0.15) is 0 Å². The maximum atomic E-state index is 5.84. The van der Waals surface area contributed by atoms with Crippen LogP contribution < -0.4 is 21.5 Å². The van der Waals surface area contributed by atoms with Gasteiger partial charge in [-0.15, -0.1) is 37.2 Å². The van der Waals surface area contributed by atoms with Crippen LogP contribution in [0.5, 0.6) is 5.75 Å². The molecule has 144 valence electrons. The van der Waals surface area contributed by atoms with Crippen molar-refractivity contribution in [2.24, 2.45) is 16.5 Å². The molecule has 1 aliphatic heterocycles. The molecule has 5 N–H and O–H groups in total. The average Bonchev–Trinajstić information content (AvgIpc) is 2.57. The molecule has 0 aliphatic carbocycles. The Balaban J connectivity index is 0.00000208. The highest BCUT2D eigenvalue weighted by molar-refractivity contribution is 5.89. The molecule has 8 heteroatoms. The Kier molecular flexibility index (Phi) is 10.6. The lowest BCUT2D eigenvalue weighted by Gasteiger charge is -2.21. The quantitative estimate of drug-likeness (QED) is 0.692. The molecule has 1 atom stereocenters. The molecular formula is C18H25Cl3N4O. The second kappa shape index (κ2) is 11.3. The molecule has 5 nitrogen and oxygen atoms in total. The molecule has 0 saturated heterocycles. The maximum absolute atomic E-state index is 5.84. The van der Waals surface area contributed by atoms with Gasteiger partial charge in [-0.05, 0) is 35.7 Å². The van der Waals surface area contributed by atoms with E-state index in [1.165, 1.54) is 5.56 Å². The summed E-state index contributed by atoms with van der Waals surface area (Å²) in [6.45, 7) is 4.04.